The average Bonchev–Trinajstić information content (AvgIpc) is 2.39. The van der Waals surface area contributed by atoms with Crippen LogP contribution in [0.3, 0.4) is 0 Å². The second-order valence-corrected chi connectivity index (χ2v) is 4.36. The zero-order valence-electron chi connectivity index (χ0n) is 10.8. The summed E-state index contributed by atoms with van der Waals surface area (Å²) < 4.78 is 39.7. The number of aliphatic hydroxyl groups excluding tert-OH is 1. The predicted molar refractivity (Wildman–Crippen MR) is 67.0 cm³/mol. The fourth-order valence-electron chi connectivity index (χ4n) is 1.94. The van der Waals surface area contributed by atoms with E-state index in [9.17, 15) is 13.2 Å². The van der Waals surface area contributed by atoms with E-state index in [0.29, 0.717) is 18.9 Å². The van der Waals surface area contributed by atoms with Crippen molar-refractivity contribution in [3.05, 3.63) is 35.1 Å². The lowest BCUT2D eigenvalue weighted by atomic mass is 10.0. The molecule has 19 heavy (non-hydrogen) atoms. The fraction of sp³-hybridized carbons (Fsp3) is 0.538. The summed E-state index contributed by atoms with van der Waals surface area (Å²) in [5, 5.41) is 11.9. The largest absolute Gasteiger partial charge is 0.396 e. The van der Waals surface area contributed by atoms with Crippen LogP contribution >= 0.6 is 0 Å². The van der Waals surface area contributed by atoms with E-state index >= 15 is 0 Å². The van der Waals surface area contributed by atoms with Gasteiger partial charge in [-0.05, 0) is 18.9 Å². The van der Waals surface area contributed by atoms with Gasteiger partial charge in [-0.15, -0.1) is 0 Å². The summed E-state index contributed by atoms with van der Waals surface area (Å²) in [6, 6.07) is 0.653. The van der Waals surface area contributed by atoms with Gasteiger partial charge in [0.25, 0.3) is 0 Å². The second-order valence-electron chi connectivity index (χ2n) is 4.36. The van der Waals surface area contributed by atoms with E-state index in [-0.39, 0.29) is 24.8 Å². The number of nitrogens with two attached hydrogens (primary N) is 1. The standard InChI is InChI=1S/C13H19F3N2O/c1-2-8(3-4-19)18-13(7-17)9-5-11(15)12(16)6-10(9)14/h5-6,8,13,18-19H,2-4,7,17H2,1H3. The van der Waals surface area contributed by atoms with Crippen molar-refractivity contribution >= 4 is 0 Å². The van der Waals surface area contributed by atoms with Crippen molar-refractivity contribution in [3.8, 4) is 0 Å². The van der Waals surface area contributed by atoms with Gasteiger partial charge in [0.15, 0.2) is 11.6 Å². The average molecular weight is 276 g/mol. The SMILES string of the molecule is CCC(CCO)NC(CN)c1cc(F)c(F)cc1F. The maximum atomic E-state index is 13.7. The molecule has 0 amide bonds. The van der Waals surface area contributed by atoms with Gasteiger partial charge in [-0.25, -0.2) is 13.2 Å². The van der Waals surface area contributed by atoms with Crippen molar-refractivity contribution in [2.75, 3.05) is 13.2 Å². The molecule has 4 N–H and O–H groups in total. The number of hydrogen-bond acceptors (Lipinski definition) is 3. The molecule has 0 saturated heterocycles. The van der Waals surface area contributed by atoms with E-state index in [2.05, 4.69) is 5.32 Å². The van der Waals surface area contributed by atoms with Crippen molar-refractivity contribution in [1.29, 1.82) is 0 Å². The third-order valence-electron chi connectivity index (χ3n) is 3.06. The summed E-state index contributed by atoms with van der Waals surface area (Å²) in [6.07, 6.45) is 1.20. The Morgan fingerprint density at radius 2 is 1.84 bits per heavy atom. The molecule has 0 fully saturated rings. The zero-order chi connectivity index (χ0) is 14.4. The molecule has 0 heterocycles. The van der Waals surface area contributed by atoms with Crippen LogP contribution in [0.1, 0.15) is 31.4 Å². The van der Waals surface area contributed by atoms with Crippen molar-refractivity contribution in [1.82, 2.24) is 5.32 Å². The minimum Gasteiger partial charge on any atom is -0.396 e. The molecule has 1 aromatic carbocycles. The van der Waals surface area contributed by atoms with Crippen molar-refractivity contribution in [3.63, 3.8) is 0 Å². The lowest BCUT2D eigenvalue weighted by molar-refractivity contribution is 0.255. The molecular formula is C13H19F3N2O. The maximum absolute atomic E-state index is 13.7. The highest BCUT2D eigenvalue weighted by atomic mass is 19.2. The van der Waals surface area contributed by atoms with Crippen LogP contribution < -0.4 is 11.1 Å². The number of halogens is 3. The summed E-state index contributed by atoms with van der Waals surface area (Å²) in [5.41, 5.74) is 5.55. The molecule has 0 aliphatic carbocycles. The molecule has 6 heteroatoms. The molecule has 108 valence electrons. The Morgan fingerprint density at radius 1 is 1.21 bits per heavy atom. The van der Waals surface area contributed by atoms with Crippen LogP contribution in [0.15, 0.2) is 12.1 Å². The molecule has 0 aliphatic heterocycles. The molecule has 2 atom stereocenters. The first-order valence-electron chi connectivity index (χ1n) is 6.24. The first-order valence-corrected chi connectivity index (χ1v) is 6.24. The number of aliphatic hydroxyl groups is 1. The minimum atomic E-state index is -1.22. The van der Waals surface area contributed by atoms with Gasteiger partial charge in [0, 0.05) is 36.9 Å². The van der Waals surface area contributed by atoms with E-state index in [1.807, 2.05) is 6.92 Å². The molecule has 1 aromatic rings. The highest BCUT2D eigenvalue weighted by molar-refractivity contribution is 5.24. The summed E-state index contributed by atoms with van der Waals surface area (Å²) in [5.74, 6) is -3.16. The van der Waals surface area contributed by atoms with Gasteiger partial charge in [0.05, 0.1) is 0 Å². The normalized spacial score (nSPS) is 14.4. The Balaban J connectivity index is 2.93. The predicted octanol–water partition coefficient (Wildman–Crippen LogP) is 1.85. The van der Waals surface area contributed by atoms with Gasteiger partial charge >= 0.3 is 0 Å². The van der Waals surface area contributed by atoms with Gasteiger partial charge in [-0.3, -0.25) is 0 Å². The van der Waals surface area contributed by atoms with Gasteiger partial charge < -0.3 is 16.2 Å². The van der Waals surface area contributed by atoms with Gasteiger partial charge in [-0.1, -0.05) is 6.92 Å². The van der Waals surface area contributed by atoms with Crippen molar-refractivity contribution < 1.29 is 18.3 Å². The quantitative estimate of drug-likeness (QED) is 0.666. The molecule has 0 saturated carbocycles. The van der Waals surface area contributed by atoms with Crippen LogP contribution in [-0.4, -0.2) is 24.3 Å². The Labute approximate surface area is 110 Å². The molecule has 2 unspecified atom stereocenters. The summed E-state index contributed by atoms with van der Waals surface area (Å²) in [4.78, 5) is 0. The Kier molecular flexibility index (Phi) is 6.27. The van der Waals surface area contributed by atoms with Crippen LogP contribution in [0.4, 0.5) is 13.2 Å². The molecule has 3 nitrogen and oxygen atoms in total. The highest BCUT2D eigenvalue weighted by Crippen LogP contribution is 2.21. The number of hydrogen-bond donors (Lipinski definition) is 3. The van der Waals surface area contributed by atoms with Gasteiger partial charge in [0.2, 0.25) is 0 Å². The molecule has 0 spiro atoms. The zero-order valence-corrected chi connectivity index (χ0v) is 10.8. The lowest BCUT2D eigenvalue weighted by Gasteiger charge is -2.24. The van der Waals surface area contributed by atoms with E-state index < -0.39 is 23.5 Å². The van der Waals surface area contributed by atoms with Crippen LogP contribution in [0, 0.1) is 17.5 Å². The molecular weight excluding hydrogens is 257 g/mol. The third-order valence-corrected chi connectivity index (χ3v) is 3.06. The molecule has 0 aliphatic rings. The maximum Gasteiger partial charge on any atom is 0.161 e. The van der Waals surface area contributed by atoms with Gasteiger partial charge in [-0.2, -0.15) is 0 Å². The Morgan fingerprint density at radius 3 is 2.37 bits per heavy atom. The summed E-state index contributed by atoms with van der Waals surface area (Å²) >= 11 is 0. The Hall–Kier alpha value is -1.11. The van der Waals surface area contributed by atoms with Crippen LogP contribution in [0.2, 0.25) is 0 Å². The number of rotatable bonds is 7. The van der Waals surface area contributed by atoms with E-state index in [1.54, 1.807) is 0 Å². The van der Waals surface area contributed by atoms with E-state index in [4.69, 9.17) is 10.8 Å². The number of benzene rings is 1. The monoisotopic (exact) mass is 276 g/mol. The number of nitrogens with one attached hydrogen (secondary N) is 1. The summed E-state index contributed by atoms with van der Waals surface area (Å²) in [7, 11) is 0. The topological polar surface area (TPSA) is 58.3 Å². The Bertz CT molecular complexity index is 415. The molecule has 0 bridgehead atoms. The molecule has 0 radical (unpaired) electrons. The second kappa shape index (κ2) is 7.47. The van der Waals surface area contributed by atoms with Crippen LogP contribution in [-0.2, 0) is 0 Å². The van der Waals surface area contributed by atoms with Crippen molar-refractivity contribution in [2.24, 2.45) is 5.73 Å². The van der Waals surface area contributed by atoms with Crippen molar-refractivity contribution in [2.45, 2.75) is 31.8 Å². The fourth-order valence-corrected chi connectivity index (χ4v) is 1.94. The minimum absolute atomic E-state index is 0.00205. The van der Waals surface area contributed by atoms with Gasteiger partial charge in [0.1, 0.15) is 5.82 Å². The van der Waals surface area contributed by atoms with E-state index in [0.717, 1.165) is 6.07 Å². The van der Waals surface area contributed by atoms with Crippen LogP contribution in [0.5, 0.6) is 0 Å². The molecule has 1 rings (SSSR count). The van der Waals surface area contributed by atoms with Crippen LogP contribution in [0.25, 0.3) is 0 Å². The summed E-state index contributed by atoms with van der Waals surface area (Å²) in [6.45, 7) is 1.94. The lowest BCUT2D eigenvalue weighted by Crippen LogP contribution is -2.37. The molecule has 0 aromatic heterocycles. The first-order chi connectivity index (χ1) is 9.03. The first kappa shape index (κ1) is 15.9. The third kappa shape index (κ3) is 4.19. The smallest absolute Gasteiger partial charge is 0.161 e. The van der Waals surface area contributed by atoms with E-state index in [1.165, 1.54) is 0 Å². The highest BCUT2D eigenvalue weighted by Gasteiger charge is 2.20.